The molecule has 124 valence electrons. The van der Waals surface area contributed by atoms with Gasteiger partial charge in [0, 0.05) is 24.1 Å². The van der Waals surface area contributed by atoms with Crippen LogP contribution in [0, 0.1) is 17.2 Å². The standard InChI is InChI=1S/C14H20BrN3O2S.ClH/c1-10(2)14(17)4-5-18(3)21(19,20)13-7-11(9-16)6-12(15)8-13;/h6-8,10,14H,4-5,17H2,1-3H3;1H. The molecule has 1 atom stereocenters. The van der Waals surface area contributed by atoms with Crippen LogP contribution in [0.5, 0.6) is 0 Å². The Kier molecular flexibility index (Phi) is 8.58. The first-order valence-electron chi connectivity index (χ1n) is 6.61. The van der Waals surface area contributed by atoms with Gasteiger partial charge in [-0.2, -0.15) is 5.26 Å². The van der Waals surface area contributed by atoms with Crippen LogP contribution < -0.4 is 5.73 Å². The third-order valence-corrected chi connectivity index (χ3v) is 5.63. The van der Waals surface area contributed by atoms with Crippen LogP contribution in [0.15, 0.2) is 27.6 Å². The van der Waals surface area contributed by atoms with Crippen LogP contribution in [0.25, 0.3) is 0 Å². The Morgan fingerprint density at radius 3 is 2.45 bits per heavy atom. The number of nitrogens with zero attached hydrogens (tertiary/aromatic N) is 2. The van der Waals surface area contributed by atoms with Crippen molar-refractivity contribution in [1.82, 2.24) is 4.31 Å². The van der Waals surface area contributed by atoms with Gasteiger partial charge in [0.1, 0.15) is 0 Å². The highest BCUT2D eigenvalue weighted by molar-refractivity contribution is 9.10. The Morgan fingerprint density at radius 2 is 1.95 bits per heavy atom. The normalized spacial score (nSPS) is 12.8. The second-order valence-electron chi connectivity index (χ2n) is 5.31. The smallest absolute Gasteiger partial charge is 0.242 e. The second kappa shape index (κ2) is 8.85. The molecule has 5 nitrogen and oxygen atoms in total. The van der Waals surface area contributed by atoms with Crippen LogP contribution in [0.3, 0.4) is 0 Å². The average molecular weight is 411 g/mol. The van der Waals surface area contributed by atoms with Crippen LogP contribution in [0.1, 0.15) is 25.8 Å². The fraction of sp³-hybridized carbons (Fsp3) is 0.500. The third kappa shape index (κ3) is 5.52. The molecule has 0 radical (unpaired) electrons. The molecule has 8 heteroatoms. The van der Waals surface area contributed by atoms with Gasteiger partial charge in [-0.05, 0) is 30.5 Å². The molecule has 1 aromatic carbocycles. The summed E-state index contributed by atoms with van der Waals surface area (Å²) in [6.45, 7) is 4.36. The molecule has 2 N–H and O–H groups in total. The lowest BCUT2D eigenvalue weighted by Crippen LogP contribution is -2.34. The van der Waals surface area contributed by atoms with Crippen LogP contribution in [-0.2, 0) is 10.0 Å². The fourth-order valence-corrected chi connectivity index (χ4v) is 3.64. The van der Waals surface area contributed by atoms with E-state index in [1.54, 1.807) is 6.07 Å². The minimum atomic E-state index is -3.62. The van der Waals surface area contributed by atoms with E-state index < -0.39 is 10.0 Å². The Labute approximate surface area is 147 Å². The quantitative estimate of drug-likeness (QED) is 0.781. The van der Waals surface area contributed by atoms with E-state index in [-0.39, 0.29) is 23.3 Å². The molecule has 0 aliphatic rings. The van der Waals surface area contributed by atoms with E-state index >= 15 is 0 Å². The number of sulfonamides is 1. The summed E-state index contributed by atoms with van der Waals surface area (Å²) in [4.78, 5) is 0.106. The van der Waals surface area contributed by atoms with Gasteiger partial charge >= 0.3 is 0 Å². The zero-order valence-electron chi connectivity index (χ0n) is 12.8. The molecule has 0 saturated heterocycles. The molecule has 22 heavy (non-hydrogen) atoms. The number of halogens is 2. The van der Waals surface area contributed by atoms with Gasteiger partial charge < -0.3 is 5.73 Å². The minimum absolute atomic E-state index is 0. The number of nitriles is 1. The lowest BCUT2D eigenvalue weighted by atomic mass is 10.0. The predicted molar refractivity (Wildman–Crippen MR) is 93.4 cm³/mol. The van der Waals surface area contributed by atoms with Gasteiger partial charge in [-0.3, -0.25) is 0 Å². The Bertz CT molecular complexity index is 644. The molecule has 0 saturated carbocycles. The highest BCUT2D eigenvalue weighted by atomic mass is 79.9. The molecule has 0 heterocycles. The van der Waals surface area contributed by atoms with E-state index in [0.717, 1.165) is 0 Å². The Morgan fingerprint density at radius 1 is 1.36 bits per heavy atom. The van der Waals surface area contributed by atoms with Crippen molar-refractivity contribution in [1.29, 1.82) is 5.26 Å². The van der Waals surface area contributed by atoms with Crippen LogP contribution >= 0.6 is 28.3 Å². The van der Waals surface area contributed by atoms with Gasteiger partial charge in [0.25, 0.3) is 0 Å². The molecule has 1 rings (SSSR count). The third-order valence-electron chi connectivity index (χ3n) is 3.34. The fourth-order valence-electron chi connectivity index (χ4n) is 1.74. The number of hydrogen-bond donors (Lipinski definition) is 1. The van der Waals surface area contributed by atoms with Crippen molar-refractivity contribution >= 4 is 38.4 Å². The maximum atomic E-state index is 12.5. The minimum Gasteiger partial charge on any atom is -0.327 e. The molecule has 0 bridgehead atoms. The molecule has 0 spiro atoms. The topological polar surface area (TPSA) is 87.2 Å². The van der Waals surface area contributed by atoms with Gasteiger partial charge in [0.05, 0.1) is 16.5 Å². The first-order valence-corrected chi connectivity index (χ1v) is 8.84. The van der Waals surface area contributed by atoms with Gasteiger partial charge in [0.2, 0.25) is 10.0 Å². The zero-order chi connectivity index (χ0) is 16.2. The number of benzene rings is 1. The Balaban J connectivity index is 0.00000441. The lowest BCUT2D eigenvalue weighted by Gasteiger charge is -2.21. The van der Waals surface area contributed by atoms with E-state index in [1.807, 2.05) is 19.9 Å². The van der Waals surface area contributed by atoms with Crippen LogP contribution in [0.4, 0.5) is 0 Å². The van der Waals surface area contributed by atoms with Crippen molar-refractivity contribution in [2.75, 3.05) is 13.6 Å². The molecule has 0 aliphatic carbocycles. The highest BCUT2D eigenvalue weighted by Gasteiger charge is 2.22. The summed E-state index contributed by atoms with van der Waals surface area (Å²) in [5.41, 5.74) is 6.25. The van der Waals surface area contributed by atoms with E-state index in [1.165, 1.54) is 23.5 Å². The highest BCUT2D eigenvalue weighted by Crippen LogP contribution is 2.22. The van der Waals surface area contributed by atoms with Crippen molar-refractivity contribution in [3.05, 3.63) is 28.2 Å². The summed E-state index contributed by atoms with van der Waals surface area (Å²) in [6, 6.07) is 6.36. The monoisotopic (exact) mass is 409 g/mol. The van der Waals surface area contributed by atoms with Gasteiger partial charge in [-0.15, -0.1) is 12.4 Å². The zero-order valence-corrected chi connectivity index (χ0v) is 16.0. The summed E-state index contributed by atoms with van der Waals surface area (Å²) in [6.07, 6.45) is 0.590. The van der Waals surface area contributed by atoms with E-state index in [2.05, 4.69) is 15.9 Å². The van der Waals surface area contributed by atoms with E-state index in [4.69, 9.17) is 11.0 Å². The molecule has 0 aromatic heterocycles. The first-order chi connectivity index (χ1) is 9.68. The molecular formula is C14H21BrClN3O2S. The summed E-state index contributed by atoms with van der Waals surface area (Å²) >= 11 is 3.22. The molecule has 0 amide bonds. The molecular weight excluding hydrogens is 390 g/mol. The predicted octanol–water partition coefficient (Wildman–Crippen LogP) is 2.74. The van der Waals surface area contributed by atoms with Gasteiger partial charge in [-0.1, -0.05) is 29.8 Å². The number of rotatable bonds is 6. The maximum Gasteiger partial charge on any atom is 0.242 e. The number of hydrogen-bond acceptors (Lipinski definition) is 4. The summed E-state index contributed by atoms with van der Waals surface area (Å²) in [5, 5.41) is 8.93. The van der Waals surface area contributed by atoms with Gasteiger partial charge in [-0.25, -0.2) is 12.7 Å². The van der Waals surface area contributed by atoms with Gasteiger partial charge in [0.15, 0.2) is 0 Å². The average Bonchev–Trinajstić information content (AvgIpc) is 2.43. The van der Waals surface area contributed by atoms with E-state index in [0.29, 0.717) is 28.9 Å². The molecule has 0 fully saturated rings. The molecule has 0 aliphatic heterocycles. The summed E-state index contributed by atoms with van der Waals surface area (Å²) in [7, 11) is -2.10. The van der Waals surface area contributed by atoms with Crippen molar-refractivity contribution in [3.8, 4) is 6.07 Å². The lowest BCUT2D eigenvalue weighted by molar-refractivity contribution is 0.397. The summed E-state index contributed by atoms with van der Waals surface area (Å²) in [5.74, 6) is 0.303. The van der Waals surface area contributed by atoms with Crippen molar-refractivity contribution in [2.45, 2.75) is 31.2 Å². The Hall–Kier alpha value is -0.650. The number of nitrogens with two attached hydrogens (primary N) is 1. The SMILES string of the molecule is CC(C)C(N)CCN(C)S(=O)(=O)c1cc(Br)cc(C#N)c1.Cl. The maximum absolute atomic E-state index is 12.5. The molecule has 1 aromatic rings. The van der Waals surface area contributed by atoms with Crippen LogP contribution in [-0.4, -0.2) is 32.4 Å². The van der Waals surface area contributed by atoms with Crippen molar-refractivity contribution in [2.24, 2.45) is 11.7 Å². The van der Waals surface area contributed by atoms with E-state index in [9.17, 15) is 8.42 Å². The summed E-state index contributed by atoms with van der Waals surface area (Å²) < 4.78 is 26.8. The first kappa shape index (κ1) is 21.4. The second-order valence-corrected chi connectivity index (χ2v) is 8.27. The molecule has 1 unspecified atom stereocenters. The van der Waals surface area contributed by atoms with Crippen molar-refractivity contribution in [3.63, 3.8) is 0 Å². The van der Waals surface area contributed by atoms with Crippen molar-refractivity contribution < 1.29 is 8.42 Å². The van der Waals surface area contributed by atoms with Crippen LogP contribution in [0.2, 0.25) is 0 Å². The largest absolute Gasteiger partial charge is 0.327 e.